The highest BCUT2D eigenvalue weighted by Crippen LogP contribution is 2.42. The fraction of sp³-hybridized carbons (Fsp3) is 0.571. The quantitative estimate of drug-likeness (QED) is 0.341. The van der Waals surface area contributed by atoms with E-state index in [-0.39, 0.29) is 24.0 Å². The molecule has 2 aromatic heterocycles. The number of likely N-dealkylation sites (N-methyl/N-ethyl adjacent to an activating group) is 1. The lowest BCUT2D eigenvalue weighted by atomic mass is 9.67. The maximum Gasteiger partial charge on any atom is 0.407 e. The average molecular weight is 696 g/mol. The van der Waals surface area contributed by atoms with E-state index < -0.39 is 38.6 Å². The number of carbonyl (C=O) groups is 3. The first kappa shape index (κ1) is 36.1. The topological polar surface area (TPSA) is 155 Å². The van der Waals surface area contributed by atoms with Crippen LogP contribution in [0.15, 0.2) is 42.6 Å². The Kier molecular flexibility index (Phi) is 10.3. The molecule has 2 fully saturated rings. The summed E-state index contributed by atoms with van der Waals surface area (Å²) in [5.74, 6) is -0.272. The van der Waals surface area contributed by atoms with Gasteiger partial charge < -0.3 is 25.2 Å². The Bertz CT molecular complexity index is 1800. The van der Waals surface area contributed by atoms with E-state index in [1.165, 1.54) is 0 Å². The van der Waals surface area contributed by atoms with Crippen LogP contribution < -0.4 is 15.5 Å². The molecule has 3 aromatic rings. The molecule has 0 unspecified atom stereocenters. The number of aromatic nitrogens is 3. The van der Waals surface area contributed by atoms with Gasteiger partial charge in [0.1, 0.15) is 17.2 Å². The second kappa shape index (κ2) is 14.0. The van der Waals surface area contributed by atoms with Crippen LogP contribution in [0.2, 0.25) is 0 Å². The summed E-state index contributed by atoms with van der Waals surface area (Å²) in [6.45, 7) is 10.8. The molecular formula is C35H49N7O6S. The van der Waals surface area contributed by atoms with Crippen molar-refractivity contribution in [2.45, 2.75) is 95.9 Å². The number of fused-ring (bicyclic) bond motifs is 1. The third kappa shape index (κ3) is 8.52. The summed E-state index contributed by atoms with van der Waals surface area (Å²) < 4.78 is 30.4. The molecule has 0 spiro atoms. The van der Waals surface area contributed by atoms with E-state index in [1.54, 1.807) is 16.5 Å². The van der Waals surface area contributed by atoms with Gasteiger partial charge in [-0.15, -0.1) is 0 Å². The van der Waals surface area contributed by atoms with Gasteiger partial charge in [0, 0.05) is 50.3 Å². The summed E-state index contributed by atoms with van der Waals surface area (Å²) in [6.07, 6.45) is 5.43. The molecular weight excluding hydrogens is 646 g/mol. The van der Waals surface area contributed by atoms with Crippen LogP contribution in [0.4, 0.5) is 10.6 Å². The summed E-state index contributed by atoms with van der Waals surface area (Å²) >= 11 is 0. The van der Waals surface area contributed by atoms with Gasteiger partial charge in [-0.05, 0) is 72.3 Å². The van der Waals surface area contributed by atoms with Crippen molar-refractivity contribution in [1.29, 1.82) is 0 Å². The molecule has 266 valence electrons. The first-order valence-electron chi connectivity index (χ1n) is 16.9. The van der Waals surface area contributed by atoms with Gasteiger partial charge in [0.05, 0.1) is 23.2 Å². The third-order valence-electron chi connectivity index (χ3n) is 9.50. The third-order valence-corrected chi connectivity index (χ3v) is 10.3. The smallest absolute Gasteiger partial charge is 0.407 e. The monoisotopic (exact) mass is 695 g/mol. The van der Waals surface area contributed by atoms with Crippen molar-refractivity contribution >= 4 is 39.2 Å². The molecule has 2 atom stereocenters. The molecule has 1 aliphatic carbocycles. The molecule has 2 aliphatic rings. The summed E-state index contributed by atoms with van der Waals surface area (Å²) in [4.78, 5) is 48.0. The van der Waals surface area contributed by atoms with Crippen LogP contribution in [0.3, 0.4) is 0 Å². The number of amides is 3. The number of nitrogens with one attached hydrogen (secondary N) is 2. The van der Waals surface area contributed by atoms with Crippen LogP contribution in [0.1, 0.15) is 82.7 Å². The second-order valence-corrected chi connectivity index (χ2v) is 16.8. The van der Waals surface area contributed by atoms with Gasteiger partial charge in [0.25, 0.3) is 0 Å². The van der Waals surface area contributed by atoms with Gasteiger partial charge in [0.2, 0.25) is 11.8 Å². The Morgan fingerprint density at radius 1 is 1.08 bits per heavy atom. The number of aryl methyl sites for hydroxylation is 1. The fourth-order valence-electron chi connectivity index (χ4n) is 6.95. The number of hydrogen-bond acceptors (Lipinski definition) is 9. The minimum Gasteiger partial charge on any atom is -0.444 e. The van der Waals surface area contributed by atoms with E-state index in [4.69, 9.17) is 14.8 Å². The molecule has 1 aliphatic heterocycles. The lowest BCUT2D eigenvalue weighted by Gasteiger charge is -2.42. The molecule has 1 aromatic carbocycles. The predicted molar refractivity (Wildman–Crippen MR) is 187 cm³/mol. The van der Waals surface area contributed by atoms with E-state index in [2.05, 4.69) is 15.5 Å². The Labute approximate surface area is 288 Å². The van der Waals surface area contributed by atoms with Crippen LogP contribution in [0, 0.1) is 6.92 Å². The predicted octanol–water partition coefficient (Wildman–Crippen LogP) is 3.70. The Morgan fingerprint density at radius 3 is 2.39 bits per heavy atom. The number of sulfone groups is 1. The van der Waals surface area contributed by atoms with E-state index in [1.807, 2.05) is 77.2 Å². The average Bonchev–Trinajstić information content (AvgIpc) is 3.65. The van der Waals surface area contributed by atoms with Crippen molar-refractivity contribution < 1.29 is 27.5 Å². The van der Waals surface area contributed by atoms with Crippen LogP contribution in [0.5, 0.6) is 0 Å². The number of nitrogens with zero attached hydrogens (tertiary/aromatic N) is 5. The second-order valence-electron chi connectivity index (χ2n) is 14.6. The number of ether oxygens (including phenoxy) is 1. The molecule has 5 rings (SSSR count). The largest absolute Gasteiger partial charge is 0.444 e. The van der Waals surface area contributed by atoms with Crippen molar-refractivity contribution in [1.82, 2.24) is 30.1 Å². The summed E-state index contributed by atoms with van der Waals surface area (Å²) in [7, 11) is -1.64. The van der Waals surface area contributed by atoms with E-state index in [0.717, 1.165) is 36.2 Å². The number of benzene rings is 1. The standard InChI is InChI=1S/C35H49N7O6S/c1-23-20-42-29(38-31(23)41-18-15-27(21-41)37-33(45)48-34(3,4)5)19-28(39-42)24(2)40(6)32(44)35(25-11-9-8-10-12-25)16-13-26(14-17-35)36-30(43)22-49(7,46)47/h8-12,19-20,24,26-27H,13-18,21-22H2,1-7H3,(H,36,43)(H,37,45)/t24-,26?,27-,35?/m0/s1. The van der Waals surface area contributed by atoms with Crippen LogP contribution in [0.25, 0.3) is 5.65 Å². The minimum absolute atomic E-state index is 0.0328. The highest BCUT2D eigenvalue weighted by Gasteiger charge is 2.46. The first-order valence-corrected chi connectivity index (χ1v) is 18.9. The van der Waals surface area contributed by atoms with Gasteiger partial charge in [-0.2, -0.15) is 5.10 Å². The number of rotatable bonds is 9. The molecule has 3 amide bonds. The van der Waals surface area contributed by atoms with E-state index in [0.29, 0.717) is 43.6 Å². The van der Waals surface area contributed by atoms with E-state index >= 15 is 0 Å². The normalized spacial score (nSPS) is 22.1. The van der Waals surface area contributed by atoms with Crippen molar-refractivity contribution in [3.63, 3.8) is 0 Å². The molecule has 2 N–H and O–H groups in total. The Morgan fingerprint density at radius 2 is 1.76 bits per heavy atom. The van der Waals surface area contributed by atoms with Gasteiger partial charge in [-0.25, -0.2) is 22.7 Å². The molecule has 49 heavy (non-hydrogen) atoms. The minimum atomic E-state index is -3.44. The molecule has 1 saturated carbocycles. The number of anilines is 1. The first-order chi connectivity index (χ1) is 22.9. The summed E-state index contributed by atoms with van der Waals surface area (Å²) in [6, 6.07) is 11.0. The highest BCUT2D eigenvalue weighted by atomic mass is 32.2. The molecule has 1 saturated heterocycles. The Hall–Kier alpha value is -4.20. The fourth-order valence-corrected chi connectivity index (χ4v) is 7.51. The lowest BCUT2D eigenvalue weighted by Crippen LogP contribution is -2.51. The van der Waals surface area contributed by atoms with Crippen molar-refractivity contribution in [2.24, 2.45) is 0 Å². The van der Waals surface area contributed by atoms with Gasteiger partial charge >= 0.3 is 6.09 Å². The van der Waals surface area contributed by atoms with Gasteiger partial charge in [-0.1, -0.05) is 30.3 Å². The number of carbonyl (C=O) groups excluding carboxylic acids is 3. The van der Waals surface area contributed by atoms with Gasteiger partial charge in [-0.3, -0.25) is 9.59 Å². The lowest BCUT2D eigenvalue weighted by molar-refractivity contribution is -0.139. The molecule has 3 heterocycles. The number of hydrogen-bond donors (Lipinski definition) is 2. The molecule has 0 radical (unpaired) electrons. The molecule has 0 bridgehead atoms. The van der Waals surface area contributed by atoms with Crippen molar-refractivity contribution in [2.75, 3.05) is 37.0 Å². The maximum absolute atomic E-state index is 14.5. The summed E-state index contributed by atoms with van der Waals surface area (Å²) in [5, 5.41) is 10.6. The molecule has 14 heteroatoms. The Balaban J connectivity index is 1.31. The van der Waals surface area contributed by atoms with Gasteiger partial charge in [0.15, 0.2) is 15.5 Å². The van der Waals surface area contributed by atoms with E-state index in [9.17, 15) is 22.8 Å². The number of alkyl carbamates (subject to hydrolysis) is 1. The SMILES string of the molecule is Cc1cn2nc([C@H](C)N(C)C(=O)C3(c4ccccc4)CCC(NC(=O)CS(C)(=O)=O)CC3)cc2nc1N1CC[C@H](NC(=O)OC(C)(C)C)C1. The van der Waals surface area contributed by atoms with Crippen LogP contribution >= 0.6 is 0 Å². The maximum atomic E-state index is 14.5. The van der Waals surface area contributed by atoms with Crippen LogP contribution in [-0.4, -0.2) is 95.7 Å². The zero-order valence-electron chi connectivity index (χ0n) is 29.5. The molecule has 13 nitrogen and oxygen atoms in total. The summed E-state index contributed by atoms with van der Waals surface area (Å²) in [5.41, 5.74) is 1.86. The van der Waals surface area contributed by atoms with Crippen LogP contribution in [-0.2, 0) is 29.6 Å². The highest BCUT2D eigenvalue weighted by molar-refractivity contribution is 7.91. The zero-order chi connectivity index (χ0) is 35.7. The zero-order valence-corrected chi connectivity index (χ0v) is 30.3. The van der Waals surface area contributed by atoms with Crippen molar-refractivity contribution in [3.8, 4) is 0 Å². The van der Waals surface area contributed by atoms with Crippen molar-refractivity contribution in [3.05, 3.63) is 59.4 Å².